The van der Waals surface area contributed by atoms with E-state index < -0.39 is 32.4 Å². The first kappa shape index (κ1) is 20.3. The number of nitrogens with two attached hydrogens (primary N) is 1. The highest BCUT2D eigenvalue weighted by atomic mass is 32.2. The lowest BCUT2D eigenvalue weighted by molar-refractivity contribution is 0.410. The normalized spacial score (nSPS) is 20.0. The number of anilines is 3. The molecule has 1 heterocycles. The number of nitrogens with one attached hydrogen (secondary N) is 2. The summed E-state index contributed by atoms with van der Waals surface area (Å²) < 4.78 is 63.8. The molecule has 1 saturated carbocycles. The predicted molar refractivity (Wildman–Crippen MR) is 98.6 cm³/mol. The van der Waals surface area contributed by atoms with Crippen LogP contribution >= 0.6 is 0 Å². The van der Waals surface area contributed by atoms with Gasteiger partial charge in [0.15, 0.2) is 17.5 Å². The Hall–Kier alpha value is -2.40. The molecule has 0 amide bonds. The van der Waals surface area contributed by atoms with Gasteiger partial charge in [-0.05, 0) is 25.7 Å². The number of nitrogens with zero attached hydrogens (tertiary/aromatic N) is 2. The number of benzene rings is 1. The van der Waals surface area contributed by atoms with E-state index in [0.29, 0.717) is 0 Å². The lowest BCUT2D eigenvalue weighted by Gasteiger charge is -2.27. The monoisotopic (exact) mass is 415 g/mol. The zero-order chi connectivity index (χ0) is 20.5. The Kier molecular flexibility index (Phi) is 5.75. The molecule has 1 aliphatic rings. The molecule has 0 saturated heterocycles. The maximum atomic E-state index is 13.4. The van der Waals surface area contributed by atoms with E-state index in [1.54, 1.807) is 0 Å². The zero-order valence-electron chi connectivity index (χ0n) is 15.0. The van der Waals surface area contributed by atoms with Gasteiger partial charge >= 0.3 is 0 Å². The molecule has 1 aromatic carbocycles. The Balaban J connectivity index is 1.90. The smallest absolute Gasteiger partial charge is 0.250 e. The Morgan fingerprint density at radius 2 is 1.57 bits per heavy atom. The molecule has 0 aliphatic heterocycles. The van der Waals surface area contributed by atoms with Crippen LogP contribution in [0.2, 0.25) is 0 Å². The number of hydrogen-bond acceptors (Lipinski definition) is 7. The Bertz CT molecular complexity index is 956. The van der Waals surface area contributed by atoms with E-state index in [-0.39, 0.29) is 29.4 Å². The van der Waals surface area contributed by atoms with Gasteiger partial charge in [0.25, 0.3) is 5.16 Å². The molecular weight excluding hydrogens is 395 g/mol. The topological polar surface area (TPSA) is 110 Å². The summed E-state index contributed by atoms with van der Waals surface area (Å²) in [7, 11) is -3.74. The van der Waals surface area contributed by atoms with Gasteiger partial charge in [-0.3, -0.25) is 0 Å². The fraction of sp³-hybridized carbons (Fsp3) is 0.412. The number of halogens is 3. The molecule has 0 spiro atoms. The van der Waals surface area contributed by atoms with E-state index in [4.69, 9.17) is 5.73 Å². The molecule has 1 aliphatic carbocycles. The van der Waals surface area contributed by atoms with Crippen LogP contribution in [0.1, 0.15) is 25.7 Å². The summed E-state index contributed by atoms with van der Waals surface area (Å²) >= 11 is 0. The fourth-order valence-electron chi connectivity index (χ4n) is 2.98. The van der Waals surface area contributed by atoms with Crippen LogP contribution in [-0.2, 0) is 9.84 Å². The molecule has 1 fully saturated rings. The van der Waals surface area contributed by atoms with Crippen molar-refractivity contribution < 1.29 is 21.6 Å². The van der Waals surface area contributed by atoms with Crippen LogP contribution in [0.15, 0.2) is 23.4 Å². The van der Waals surface area contributed by atoms with E-state index in [1.165, 1.54) is 6.07 Å². The van der Waals surface area contributed by atoms with E-state index in [0.717, 1.165) is 44.1 Å². The van der Waals surface area contributed by atoms with Crippen molar-refractivity contribution in [2.24, 2.45) is 5.73 Å². The second-order valence-electron chi connectivity index (χ2n) is 6.83. The standard InChI is InChI=1S/C17H20F3N5O2S/c1-28(26,27)17-24-14(22-10-4-2-9(21)3-5-10)8-15(25-17)23-11-6-12(18)16(20)13(19)7-11/h6-10H,2-5,21H2,1H3,(H2,22,23,24,25). The van der Waals surface area contributed by atoms with Crippen LogP contribution in [0, 0.1) is 17.5 Å². The number of aromatic nitrogens is 2. The summed E-state index contributed by atoms with van der Waals surface area (Å²) in [5.41, 5.74) is 5.76. The van der Waals surface area contributed by atoms with Crippen LogP contribution in [-0.4, -0.2) is 36.7 Å². The SMILES string of the molecule is CS(=O)(=O)c1nc(Nc2cc(F)c(F)c(F)c2)cc(NC2CCC(N)CC2)n1. The van der Waals surface area contributed by atoms with Gasteiger partial charge in [-0.1, -0.05) is 0 Å². The third-order valence-corrected chi connectivity index (χ3v) is 5.26. The Labute approximate surface area is 160 Å². The third-order valence-electron chi connectivity index (χ3n) is 4.42. The quantitative estimate of drug-likeness (QED) is 0.509. The highest BCUT2D eigenvalue weighted by Crippen LogP contribution is 2.25. The molecule has 0 atom stereocenters. The molecule has 0 radical (unpaired) electrons. The lowest BCUT2D eigenvalue weighted by atomic mass is 9.92. The molecule has 4 N–H and O–H groups in total. The fourth-order valence-corrected chi connectivity index (χ4v) is 3.51. The minimum absolute atomic E-state index is 0.00385. The van der Waals surface area contributed by atoms with Gasteiger partial charge in [0.1, 0.15) is 11.6 Å². The van der Waals surface area contributed by atoms with Crippen molar-refractivity contribution in [3.05, 3.63) is 35.7 Å². The minimum atomic E-state index is -3.74. The molecule has 2 aromatic rings. The molecule has 11 heteroatoms. The van der Waals surface area contributed by atoms with Gasteiger partial charge in [-0.2, -0.15) is 0 Å². The summed E-state index contributed by atoms with van der Waals surface area (Å²) in [6.45, 7) is 0. The molecule has 28 heavy (non-hydrogen) atoms. The maximum Gasteiger partial charge on any atom is 0.250 e. The summed E-state index contributed by atoms with van der Waals surface area (Å²) in [6.07, 6.45) is 4.22. The predicted octanol–water partition coefficient (Wildman–Crippen LogP) is 2.72. The number of hydrogen-bond donors (Lipinski definition) is 3. The second-order valence-corrected chi connectivity index (χ2v) is 8.74. The van der Waals surface area contributed by atoms with Gasteiger partial charge < -0.3 is 16.4 Å². The summed E-state index contributed by atoms with van der Waals surface area (Å²) in [5, 5.41) is 5.29. The van der Waals surface area contributed by atoms with E-state index in [1.807, 2.05) is 0 Å². The van der Waals surface area contributed by atoms with Gasteiger partial charge in [0.05, 0.1) is 0 Å². The van der Waals surface area contributed by atoms with Crippen LogP contribution in [0.25, 0.3) is 0 Å². The van der Waals surface area contributed by atoms with Crippen molar-refractivity contribution in [2.75, 3.05) is 16.9 Å². The van der Waals surface area contributed by atoms with Gasteiger partial charge in [0, 0.05) is 42.2 Å². The number of rotatable bonds is 5. The summed E-state index contributed by atoms with van der Waals surface area (Å²) in [4.78, 5) is 7.90. The molecule has 0 bridgehead atoms. The van der Waals surface area contributed by atoms with E-state index in [2.05, 4.69) is 20.6 Å². The second kappa shape index (κ2) is 7.92. The first-order valence-electron chi connectivity index (χ1n) is 8.64. The van der Waals surface area contributed by atoms with Crippen molar-refractivity contribution in [1.29, 1.82) is 0 Å². The Morgan fingerprint density at radius 1 is 1.00 bits per heavy atom. The number of sulfone groups is 1. The highest BCUT2D eigenvalue weighted by molar-refractivity contribution is 7.90. The van der Waals surface area contributed by atoms with E-state index >= 15 is 0 Å². The van der Waals surface area contributed by atoms with Crippen molar-refractivity contribution in [3.8, 4) is 0 Å². The summed E-state index contributed by atoms with van der Waals surface area (Å²) in [5.74, 6) is -4.10. The first-order chi connectivity index (χ1) is 13.1. The molecule has 7 nitrogen and oxygen atoms in total. The molecule has 0 unspecified atom stereocenters. The van der Waals surface area contributed by atoms with Crippen molar-refractivity contribution in [1.82, 2.24) is 9.97 Å². The maximum absolute atomic E-state index is 13.4. The summed E-state index contributed by atoms with van der Waals surface area (Å²) in [6, 6.07) is 3.13. The van der Waals surface area contributed by atoms with Crippen LogP contribution < -0.4 is 16.4 Å². The minimum Gasteiger partial charge on any atom is -0.367 e. The molecular formula is C17H20F3N5O2S. The highest BCUT2D eigenvalue weighted by Gasteiger charge is 2.21. The van der Waals surface area contributed by atoms with Crippen LogP contribution in [0.5, 0.6) is 0 Å². The first-order valence-corrected chi connectivity index (χ1v) is 10.5. The van der Waals surface area contributed by atoms with Crippen LogP contribution in [0.3, 0.4) is 0 Å². The molecule has 1 aromatic heterocycles. The van der Waals surface area contributed by atoms with Crippen molar-refractivity contribution in [3.63, 3.8) is 0 Å². The zero-order valence-corrected chi connectivity index (χ0v) is 15.9. The lowest BCUT2D eigenvalue weighted by Crippen LogP contribution is -2.33. The van der Waals surface area contributed by atoms with E-state index in [9.17, 15) is 21.6 Å². The van der Waals surface area contributed by atoms with Gasteiger partial charge in [-0.25, -0.2) is 31.6 Å². The van der Waals surface area contributed by atoms with Crippen molar-refractivity contribution in [2.45, 2.75) is 42.9 Å². The molecule has 3 rings (SSSR count). The third kappa shape index (κ3) is 4.90. The average molecular weight is 415 g/mol. The largest absolute Gasteiger partial charge is 0.367 e. The van der Waals surface area contributed by atoms with Crippen LogP contribution in [0.4, 0.5) is 30.5 Å². The average Bonchev–Trinajstić information content (AvgIpc) is 2.61. The van der Waals surface area contributed by atoms with Gasteiger partial charge in [-0.15, -0.1) is 0 Å². The van der Waals surface area contributed by atoms with Crippen molar-refractivity contribution >= 4 is 27.2 Å². The van der Waals surface area contributed by atoms with Gasteiger partial charge in [0.2, 0.25) is 9.84 Å². The Morgan fingerprint density at radius 3 is 2.14 bits per heavy atom. The molecule has 152 valence electrons.